The normalized spacial score (nSPS) is 12.6. The summed E-state index contributed by atoms with van der Waals surface area (Å²) in [4.78, 5) is 11.6. The van der Waals surface area contributed by atoms with E-state index in [1.165, 1.54) is 12.1 Å². The van der Waals surface area contributed by atoms with E-state index in [9.17, 15) is 18.3 Å². The van der Waals surface area contributed by atoms with E-state index in [4.69, 9.17) is 11.1 Å². The highest BCUT2D eigenvalue weighted by Gasteiger charge is 2.26. The summed E-state index contributed by atoms with van der Waals surface area (Å²) in [5.41, 5.74) is 6.51. The molecule has 3 rings (SSSR count). The summed E-state index contributed by atoms with van der Waals surface area (Å²) in [5.74, 6) is -1.38. The zero-order chi connectivity index (χ0) is 20.3. The van der Waals surface area contributed by atoms with Crippen LogP contribution < -0.4 is 10.5 Å². The molecule has 0 amide bonds. The van der Waals surface area contributed by atoms with E-state index in [-0.39, 0.29) is 17.2 Å². The fraction of sp³-hybridized carbons (Fsp3) is 0.100. The topological polar surface area (TPSA) is 133 Å². The van der Waals surface area contributed by atoms with Gasteiger partial charge in [0.15, 0.2) is 0 Å². The molecule has 0 saturated carbocycles. The second-order valence-electron chi connectivity index (χ2n) is 6.34. The van der Waals surface area contributed by atoms with Gasteiger partial charge < -0.3 is 10.8 Å². The van der Waals surface area contributed by atoms with E-state index in [0.29, 0.717) is 11.1 Å². The number of aliphatic carboxylic acids is 1. The van der Waals surface area contributed by atoms with E-state index < -0.39 is 22.0 Å². The van der Waals surface area contributed by atoms with Gasteiger partial charge in [0.05, 0.1) is 4.90 Å². The molecular formula is C20H19N3O4S. The minimum Gasteiger partial charge on any atom is -0.480 e. The van der Waals surface area contributed by atoms with Crippen LogP contribution in [-0.2, 0) is 21.2 Å². The molecule has 0 saturated heterocycles. The number of amidine groups is 1. The Bertz CT molecular complexity index is 1140. The minimum absolute atomic E-state index is 0.00405. The van der Waals surface area contributed by atoms with E-state index in [1.807, 2.05) is 12.1 Å². The number of carbonyl (C=O) groups is 1. The van der Waals surface area contributed by atoms with Gasteiger partial charge in [0.2, 0.25) is 10.0 Å². The molecule has 144 valence electrons. The highest BCUT2D eigenvalue weighted by molar-refractivity contribution is 7.89. The number of hydrogen-bond donors (Lipinski definition) is 4. The molecule has 0 aromatic heterocycles. The maximum Gasteiger partial charge on any atom is 0.322 e. The average molecular weight is 397 g/mol. The standard InChI is InChI=1S/C20H19N3O4S/c21-19(22)15-7-5-13(6-8-15)11-18(20(24)25)23-28(26,27)17-10-9-14-3-1-2-4-16(14)12-17/h1-10,12,18,23H,11H2,(H3,21,22)(H,24,25). The summed E-state index contributed by atoms with van der Waals surface area (Å²) in [6.07, 6.45) is -0.0413. The van der Waals surface area contributed by atoms with Crippen LogP contribution in [0, 0.1) is 5.41 Å². The Kier molecular flexibility index (Phi) is 5.43. The molecular weight excluding hydrogens is 378 g/mol. The fourth-order valence-corrected chi connectivity index (χ4v) is 4.05. The smallest absolute Gasteiger partial charge is 0.322 e. The third kappa shape index (κ3) is 4.36. The predicted molar refractivity (Wildman–Crippen MR) is 107 cm³/mol. The molecule has 7 nitrogen and oxygen atoms in total. The molecule has 0 spiro atoms. The third-order valence-electron chi connectivity index (χ3n) is 4.33. The zero-order valence-electron chi connectivity index (χ0n) is 14.8. The number of rotatable bonds is 7. The zero-order valence-corrected chi connectivity index (χ0v) is 15.6. The first-order valence-corrected chi connectivity index (χ1v) is 9.92. The third-order valence-corrected chi connectivity index (χ3v) is 5.80. The summed E-state index contributed by atoms with van der Waals surface area (Å²) >= 11 is 0. The molecule has 3 aromatic carbocycles. The molecule has 1 unspecified atom stereocenters. The van der Waals surface area contributed by atoms with Gasteiger partial charge in [-0.2, -0.15) is 4.72 Å². The van der Waals surface area contributed by atoms with Gasteiger partial charge in [0.25, 0.3) is 0 Å². The molecule has 5 N–H and O–H groups in total. The van der Waals surface area contributed by atoms with Gasteiger partial charge in [-0.15, -0.1) is 0 Å². The largest absolute Gasteiger partial charge is 0.480 e. The first kappa shape index (κ1) is 19.5. The molecule has 0 fully saturated rings. The Hall–Kier alpha value is -3.23. The molecule has 28 heavy (non-hydrogen) atoms. The maximum atomic E-state index is 12.7. The number of sulfonamides is 1. The van der Waals surface area contributed by atoms with Crippen molar-refractivity contribution in [3.63, 3.8) is 0 Å². The summed E-state index contributed by atoms with van der Waals surface area (Å²) < 4.78 is 27.7. The van der Waals surface area contributed by atoms with Gasteiger partial charge >= 0.3 is 5.97 Å². The number of nitrogens with one attached hydrogen (secondary N) is 2. The highest BCUT2D eigenvalue weighted by atomic mass is 32.2. The summed E-state index contributed by atoms with van der Waals surface area (Å²) in [6.45, 7) is 0. The van der Waals surface area contributed by atoms with Crippen LogP contribution in [0.5, 0.6) is 0 Å². The molecule has 1 atom stereocenters. The molecule has 3 aromatic rings. The highest BCUT2D eigenvalue weighted by Crippen LogP contribution is 2.19. The molecule has 0 aliphatic carbocycles. The van der Waals surface area contributed by atoms with E-state index >= 15 is 0 Å². The van der Waals surface area contributed by atoms with Crippen molar-refractivity contribution in [2.45, 2.75) is 17.4 Å². The van der Waals surface area contributed by atoms with E-state index in [0.717, 1.165) is 10.8 Å². The SMILES string of the molecule is N=C(N)c1ccc(CC(NS(=O)(=O)c2ccc3ccccc3c2)C(=O)O)cc1. The van der Waals surface area contributed by atoms with Gasteiger partial charge in [-0.1, -0.05) is 54.6 Å². The summed E-state index contributed by atoms with van der Waals surface area (Å²) in [7, 11) is -4.02. The number of nitrogen functional groups attached to an aromatic ring is 1. The van der Waals surface area contributed by atoms with Crippen LogP contribution in [0.1, 0.15) is 11.1 Å². The monoisotopic (exact) mass is 397 g/mol. The number of hydrogen-bond acceptors (Lipinski definition) is 4. The Morgan fingerprint density at radius 3 is 2.29 bits per heavy atom. The van der Waals surface area contributed by atoms with Crippen molar-refractivity contribution >= 4 is 32.6 Å². The summed E-state index contributed by atoms with van der Waals surface area (Å²) in [5, 5.41) is 18.5. The Labute approximate surface area is 162 Å². The molecule has 0 aliphatic rings. The van der Waals surface area contributed by atoms with Crippen molar-refractivity contribution in [3.05, 3.63) is 77.9 Å². The van der Waals surface area contributed by atoms with Gasteiger partial charge in [-0.05, 0) is 34.9 Å². The number of carboxylic acid groups (broad SMARTS) is 1. The fourth-order valence-electron chi connectivity index (χ4n) is 2.83. The first-order valence-electron chi connectivity index (χ1n) is 8.43. The molecule has 8 heteroatoms. The molecule has 0 radical (unpaired) electrons. The number of carboxylic acids is 1. The summed E-state index contributed by atoms with van der Waals surface area (Å²) in [6, 6.07) is 17.0. The van der Waals surface area contributed by atoms with Crippen molar-refractivity contribution in [1.82, 2.24) is 4.72 Å². The van der Waals surface area contributed by atoms with Crippen LogP contribution in [-0.4, -0.2) is 31.4 Å². The number of benzene rings is 3. The van der Waals surface area contributed by atoms with Crippen LogP contribution >= 0.6 is 0 Å². The molecule has 0 heterocycles. The van der Waals surface area contributed by atoms with Crippen molar-refractivity contribution in [2.75, 3.05) is 0 Å². The van der Waals surface area contributed by atoms with Crippen molar-refractivity contribution in [1.29, 1.82) is 5.41 Å². The van der Waals surface area contributed by atoms with Gasteiger partial charge in [0, 0.05) is 5.56 Å². The average Bonchev–Trinajstić information content (AvgIpc) is 2.67. The Morgan fingerprint density at radius 2 is 1.68 bits per heavy atom. The van der Waals surface area contributed by atoms with Gasteiger partial charge in [-0.3, -0.25) is 10.2 Å². The van der Waals surface area contributed by atoms with Crippen molar-refractivity contribution in [3.8, 4) is 0 Å². The quantitative estimate of drug-likeness (QED) is 0.358. The molecule has 0 bridgehead atoms. The molecule has 0 aliphatic heterocycles. The van der Waals surface area contributed by atoms with Crippen LogP contribution in [0.15, 0.2) is 71.6 Å². The Balaban J connectivity index is 1.83. The lowest BCUT2D eigenvalue weighted by Crippen LogP contribution is -2.42. The minimum atomic E-state index is -4.02. The second kappa shape index (κ2) is 7.79. The van der Waals surface area contributed by atoms with E-state index in [1.54, 1.807) is 42.5 Å². The van der Waals surface area contributed by atoms with Crippen molar-refractivity contribution in [2.24, 2.45) is 5.73 Å². The van der Waals surface area contributed by atoms with E-state index in [2.05, 4.69) is 4.72 Å². The van der Waals surface area contributed by atoms with Crippen LogP contribution in [0.3, 0.4) is 0 Å². The predicted octanol–water partition coefficient (Wildman–Crippen LogP) is 2.10. The lowest BCUT2D eigenvalue weighted by Gasteiger charge is -2.15. The Morgan fingerprint density at radius 1 is 1.04 bits per heavy atom. The first-order chi connectivity index (χ1) is 13.3. The van der Waals surface area contributed by atoms with Gasteiger partial charge in [-0.25, -0.2) is 8.42 Å². The second-order valence-corrected chi connectivity index (χ2v) is 8.05. The number of fused-ring (bicyclic) bond motifs is 1. The van der Waals surface area contributed by atoms with Crippen LogP contribution in [0.4, 0.5) is 0 Å². The number of nitrogens with two attached hydrogens (primary N) is 1. The lowest BCUT2D eigenvalue weighted by molar-refractivity contribution is -0.138. The maximum absolute atomic E-state index is 12.7. The van der Waals surface area contributed by atoms with Crippen LogP contribution in [0.25, 0.3) is 10.8 Å². The lowest BCUT2D eigenvalue weighted by atomic mass is 10.0. The van der Waals surface area contributed by atoms with Gasteiger partial charge in [0.1, 0.15) is 11.9 Å². The van der Waals surface area contributed by atoms with Crippen molar-refractivity contribution < 1.29 is 18.3 Å². The van der Waals surface area contributed by atoms with Crippen LogP contribution in [0.2, 0.25) is 0 Å².